The Morgan fingerprint density at radius 3 is 2.79 bits per heavy atom. The number of hydrogen-bond donors (Lipinski definition) is 0. The van der Waals surface area contributed by atoms with E-state index in [4.69, 9.17) is 4.74 Å². The molecule has 7 heteroatoms. The second kappa shape index (κ2) is 7.87. The molecule has 2 fully saturated rings. The molecule has 1 aromatic heterocycles. The standard InChI is InChI=1S/C17H23BrN2O3S/c1-2-3-4-13-11-23-17(22)20(13)12-5-8-19(9-6-12)16(21)15-14(18)7-10-24-15/h7,10,12-13H,2-6,8-9,11H2,1H3. The van der Waals surface area contributed by atoms with E-state index in [9.17, 15) is 9.59 Å². The topological polar surface area (TPSA) is 49.9 Å². The van der Waals surface area contributed by atoms with Gasteiger partial charge in [-0.1, -0.05) is 19.8 Å². The average Bonchev–Trinajstić information content (AvgIpc) is 3.18. The van der Waals surface area contributed by atoms with E-state index in [1.54, 1.807) is 0 Å². The Morgan fingerprint density at radius 2 is 2.17 bits per heavy atom. The predicted molar refractivity (Wildman–Crippen MR) is 97.4 cm³/mol. The molecule has 0 bridgehead atoms. The van der Waals surface area contributed by atoms with Gasteiger partial charge in [0.15, 0.2) is 0 Å². The van der Waals surface area contributed by atoms with Crippen molar-refractivity contribution in [2.24, 2.45) is 0 Å². The number of unbranched alkanes of at least 4 members (excludes halogenated alkanes) is 1. The molecule has 2 aliphatic rings. The molecule has 2 aliphatic heterocycles. The number of likely N-dealkylation sites (tertiary alicyclic amines) is 1. The highest BCUT2D eigenvalue weighted by molar-refractivity contribution is 9.10. The smallest absolute Gasteiger partial charge is 0.410 e. The van der Waals surface area contributed by atoms with E-state index in [2.05, 4.69) is 22.9 Å². The molecule has 132 valence electrons. The fourth-order valence-corrected chi connectivity index (χ4v) is 5.03. The Labute approximate surface area is 155 Å². The maximum absolute atomic E-state index is 12.6. The quantitative estimate of drug-likeness (QED) is 0.727. The second-order valence-corrected chi connectivity index (χ2v) is 8.17. The van der Waals surface area contributed by atoms with E-state index in [1.807, 2.05) is 21.2 Å². The van der Waals surface area contributed by atoms with E-state index in [1.165, 1.54) is 11.3 Å². The Hall–Kier alpha value is -1.08. The summed E-state index contributed by atoms with van der Waals surface area (Å²) in [6, 6.07) is 2.30. The number of halogens is 1. The fraction of sp³-hybridized carbons (Fsp3) is 0.647. The first-order valence-electron chi connectivity index (χ1n) is 8.59. The minimum atomic E-state index is -0.179. The van der Waals surface area contributed by atoms with Gasteiger partial charge in [0.05, 0.1) is 6.04 Å². The molecule has 0 N–H and O–H groups in total. The summed E-state index contributed by atoms with van der Waals surface area (Å²) in [4.78, 5) is 29.3. The first kappa shape index (κ1) is 17.7. The molecule has 0 saturated carbocycles. The lowest BCUT2D eigenvalue weighted by atomic mass is 10.00. The van der Waals surface area contributed by atoms with Gasteiger partial charge in [-0.2, -0.15) is 0 Å². The van der Waals surface area contributed by atoms with Crippen LogP contribution in [0.15, 0.2) is 15.9 Å². The largest absolute Gasteiger partial charge is 0.447 e. The van der Waals surface area contributed by atoms with Gasteiger partial charge < -0.3 is 9.64 Å². The van der Waals surface area contributed by atoms with Gasteiger partial charge in [-0.15, -0.1) is 11.3 Å². The molecule has 2 saturated heterocycles. The summed E-state index contributed by atoms with van der Waals surface area (Å²) >= 11 is 4.90. The maximum atomic E-state index is 12.6. The normalized spacial score (nSPS) is 22.1. The first-order chi connectivity index (χ1) is 11.6. The molecule has 3 heterocycles. The molecule has 24 heavy (non-hydrogen) atoms. The number of ether oxygens (including phenoxy) is 1. The van der Waals surface area contributed by atoms with Crippen LogP contribution in [0.2, 0.25) is 0 Å². The van der Waals surface area contributed by atoms with E-state index in [0.29, 0.717) is 19.7 Å². The van der Waals surface area contributed by atoms with Crippen molar-refractivity contribution in [3.8, 4) is 0 Å². The van der Waals surface area contributed by atoms with Crippen LogP contribution < -0.4 is 0 Å². The van der Waals surface area contributed by atoms with Crippen molar-refractivity contribution >= 4 is 39.3 Å². The number of thiophene rings is 1. The van der Waals surface area contributed by atoms with Gasteiger partial charge in [-0.05, 0) is 46.6 Å². The maximum Gasteiger partial charge on any atom is 0.410 e. The molecule has 5 nitrogen and oxygen atoms in total. The molecule has 0 aliphatic carbocycles. The zero-order chi connectivity index (χ0) is 17.1. The molecule has 0 radical (unpaired) electrons. The van der Waals surface area contributed by atoms with E-state index < -0.39 is 0 Å². The molecule has 0 aromatic carbocycles. The molecular weight excluding hydrogens is 392 g/mol. The minimum Gasteiger partial charge on any atom is -0.447 e. The van der Waals surface area contributed by atoms with Crippen LogP contribution in [0.25, 0.3) is 0 Å². The van der Waals surface area contributed by atoms with E-state index in [0.717, 1.165) is 41.5 Å². The zero-order valence-corrected chi connectivity index (χ0v) is 16.3. The lowest BCUT2D eigenvalue weighted by molar-refractivity contribution is 0.0637. The summed E-state index contributed by atoms with van der Waals surface area (Å²) in [5, 5.41) is 1.92. The summed E-state index contributed by atoms with van der Waals surface area (Å²) in [7, 11) is 0. The van der Waals surface area contributed by atoms with Crippen molar-refractivity contribution in [2.75, 3.05) is 19.7 Å². The summed E-state index contributed by atoms with van der Waals surface area (Å²) in [5.41, 5.74) is 0. The van der Waals surface area contributed by atoms with Crippen molar-refractivity contribution in [1.82, 2.24) is 9.80 Å². The van der Waals surface area contributed by atoms with Gasteiger partial charge in [0.1, 0.15) is 11.5 Å². The summed E-state index contributed by atoms with van der Waals surface area (Å²) < 4.78 is 6.14. The third-order valence-electron chi connectivity index (χ3n) is 4.85. The van der Waals surface area contributed by atoms with Crippen LogP contribution in [-0.2, 0) is 4.74 Å². The number of nitrogens with zero attached hydrogens (tertiary/aromatic N) is 2. The SMILES string of the molecule is CCCCC1COC(=O)N1C1CCN(C(=O)c2sccc2Br)CC1. The van der Waals surface area contributed by atoms with Crippen molar-refractivity contribution < 1.29 is 14.3 Å². The summed E-state index contributed by atoms with van der Waals surface area (Å²) in [6.07, 6.45) is 4.72. The van der Waals surface area contributed by atoms with Crippen LogP contribution in [0.3, 0.4) is 0 Å². The van der Waals surface area contributed by atoms with Crippen LogP contribution in [0, 0.1) is 0 Å². The Bertz CT molecular complexity index is 598. The van der Waals surface area contributed by atoms with Crippen LogP contribution >= 0.6 is 27.3 Å². The van der Waals surface area contributed by atoms with Gasteiger partial charge in [0.2, 0.25) is 0 Å². The van der Waals surface area contributed by atoms with Crippen molar-refractivity contribution in [2.45, 2.75) is 51.1 Å². The van der Waals surface area contributed by atoms with Gasteiger partial charge in [-0.25, -0.2) is 4.79 Å². The van der Waals surface area contributed by atoms with Gasteiger partial charge in [0.25, 0.3) is 5.91 Å². The van der Waals surface area contributed by atoms with Gasteiger partial charge >= 0.3 is 6.09 Å². The Morgan fingerprint density at radius 1 is 1.42 bits per heavy atom. The zero-order valence-electron chi connectivity index (χ0n) is 13.9. The number of amides is 2. The molecule has 1 unspecified atom stereocenters. The number of carbonyl (C=O) groups is 2. The van der Waals surface area contributed by atoms with Crippen LogP contribution in [0.1, 0.15) is 48.7 Å². The number of hydrogen-bond acceptors (Lipinski definition) is 4. The number of rotatable bonds is 5. The van der Waals surface area contributed by atoms with E-state index >= 15 is 0 Å². The highest BCUT2D eigenvalue weighted by Crippen LogP contribution is 2.29. The molecule has 1 aromatic rings. The van der Waals surface area contributed by atoms with E-state index in [-0.39, 0.29) is 24.1 Å². The highest BCUT2D eigenvalue weighted by Gasteiger charge is 2.39. The van der Waals surface area contributed by atoms with Crippen LogP contribution in [-0.4, -0.2) is 53.6 Å². The molecule has 1 atom stereocenters. The summed E-state index contributed by atoms with van der Waals surface area (Å²) in [5.74, 6) is 0.0851. The lowest BCUT2D eigenvalue weighted by Gasteiger charge is -2.37. The van der Waals surface area contributed by atoms with Crippen LogP contribution in [0.4, 0.5) is 4.79 Å². The van der Waals surface area contributed by atoms with Crippen molar-refractivity contribution in [3.63, 3.8) is 0 Å². The summed E-state index contributed by atoms with van der Waals surface area (Å²) in [6.45, 7) is 4.06. The number of carbonyl (C=O) groups excluding carboxylic acids is 2. The second-order valence-electron chi connectivity index (χ2n) is 6.40. The fourth-order valence-electron chi connectivity index (χ4n) is 3.52. The lowest BCUT2D eigenvalue weighted by Crippen LogP contribution is -2.49. The predicted octanol–water partition coefficient (Wildman–Crippen LogP) is 4.13. The molecule has 3 rings (SSSR count). The number of piperidine rings is 1. The molecule has 2 amide bonds. The average molecular weight is 415 g/mol. The third-order valence-corrected chi connectivity index (χ3v) is 6.68. The minimum absolute atomic E-state index is 0.0851. The third kappa shape index (κ3) is 3.61. The number of cyclic esters (lactones) is 1. The Balaban J connectivity index is 1.59. The first-order valence-corrected chi connectivity index (χ1v) is 10.3. The van der Waals surface area contributed by atoms with Crippen molar-refractivity contribution in [3.05, 3.63) is 20.8 Å². The highest BCUT2D eigenvalue weighted by atomic mass is 79.9. The van der Waals surface area contributed by atoms with Crippen molar-refractivity contribution in [1.29, 1.82) is 0 Å². The monoisotopic (exact) mass is 414 g/mol. The Kier molecular flexibility index (Phi) is 5.81. The van der Waals surface area contributed by atoms with Gasteiger partial charge in [-0.3, -0.25) is 9.69 Å². The van der Waals surface area contributed by atoms with Gasteiger partial charge in [0, 0.05) is 23.6 Å². The van der Waals surface area contributed by atoms with Crippen LogP contribution in [0.5, 0.6) is 0 Å². The molecule has 0 spiro atoms. The molecular formula is C17H23BrN2O3S.